The fourth-order valence-corrected chi connectivity index (χ4v) is 2.01. The quantitative estimate of drug-likeness (QED) is 0.890. The van der Waals surface area contributed by atoms with Crippen molar-refractivity contribution in [2.75, 3.05) is 11.9 Å². The van der Waals surface area contributed by atoms with Crippen LogP contribution in [0, 0.1) is 5.41 Å². The molecule has 1 unspecified atom stereocenters. The third-order valence-electron chi connectivity index (χ3n) is 3.43. The van der Waals surface area contributed by atoms with Crippen molar-refractivity contribution in [1.29, 1.82) is 0 Å². The van der Waals surface area contributed by atoms with E-state index in [9.17, 15) is 5.11 Å². The predicted octanol–water partition coefficient (Wildman–Crippen LogP) is 3.70. The summed E-state index contributed by atoms with van der Waals surface area (Å²) in [5, 5.41) is 10.1. The molecule has 0 bridgehead atoms. The van der Waals surface area contributed by atoms with Gasteiger partial charge in [0, 0.05) is 29.4 Å². The summed E-state index contributed by atoms with van der Waals surface area (Å²) in [6, 6.07) is 6.02. The van der Waals surface area contributed by atoms with Crippen molar-refractivity contribution in [2.24, 2.45) is 5.41 Å². The van der Waals surface area contributed by atoms with Crippen LogP contribution in [0.5, 0.6) is 0 Å². The lowest BCUT2D eigenvalue weighted by molar-refractivity contribution is 0.280. The molecule has 0 aliphatic carbocycles. The van der Waals surface area contributed by atoms with Gasteiger partial charge in [-0.2, -0.15) is 0 Å². The van der Waals surface area contributed by atoms with Gasteiger partial charge in [0.25, 0.3) is 0 Å². The van der Waals surface area contributed by atoms with Crippen LogP contribution in [-0.2, 0) is 6.61 Å². The average molecular weight is 256 g/mol. The van der Waals surface area contributed by atoms with E-state index in [1.54, 1.807) is 0 Å². The molecule has 0 aliphatic heterocycles. The van der Waals surface area contributed by atoms with Gasteiger partial charge in [0.2, 0.25) is 0 Å². The molecule has 0 amide bonds. The zero-order valence-electron chi connectivity index (χ0n) is 11.3. The average Bonchev–Trinajstić information content (AvgIpc) is 2.25. The van der Waals surface area contributed by atoms with E-state index in [1.807, 2.05) is 18.2 Å². The molecule has 0 heterocycles. The molecule has 0 aromatic heterocycles. The minimum Gasteiger partial charge on any atom is -0.392 e. The highest BCUT2D eigenvalue weighted by Gasteiger charge is 2.25. The first-order chi connectivity index (χ1) is 7.77. The van der Waals surface area contributed by atoms with Crippen molar-refractivity contribution in [1.82, 2.24) is 0 Å². The predicted molar refractivity (Wildman–Crippen MR) is 74.7 cm³/mol. The maximum absolute atomic E-state index is 9.39. The maximum atomic E-state index is 9.39. The highest BCUT2D eigenvalue weighted by Crippen LogP contribution is 2.30. The molecule has 2 nitrogen and oxygen atoms in total. The molecule has 1 aromatic rings. The Hall–Kier alpha value is -0.730. The highest BCUT2D eigenvalue weighted by molar-refractivity contribution is 6.30. The summed E-state index contributed by atoms with van der Waals surface area (Å²) in [6.45, 7) is 8.83. The van der Waals surface area contributed by atoms with Gasteiger partial charge in [0.1, 0.15) is 0 Å². The van der Waals surface area contributed by atoms with E-state index in [2.05, 4.69) is 39.6 Å². The number of anilines is 1. The Labute approximate surface area is 109 Å². The summed E-state index contributed by atoms with van der Waals surface area (Å²) in [5.74, 6) is 0. The van der Waals surface area contributed by atoms with Crippen LogP contribution in [0.3, 0.4) is 0 Å². The number of aliphatic hydroxyl groups is 1. The third-order valence-corrected chi connectivity index (χ3v) is 3.66. The third kappa shape index (κ3) is 3.36. The van der Waals surface area contributed by atoms with Crippen molar-refractivity contribution in [3.05, 3.63) is 28.8 Å². The fraction of sp³-hybridized carbons (Fsp3) is 0.571. The Bertz CT molecular complexity index is 384. The van der Waals surface area contributed by atoms with E-state index < -0.39 is 0 Å². The number of aliphatic hydroxyl groups excluding tert-OH is 1. The van der Waals surface area contributed by atoms with Gasteiger partial charge in [-0.05, 0) is 30.5 Å². The first-order valence-electron chi connectivity index (χ1n) is 5.89. The topological polar surface area (TPSA) is 23.5 Å². The van der Waals surface area contributed by atoms with Gasteiger partial charge in [-0.25, -0.2) is 0 Å². The largest absolute Gasteiger partial charge is 0.392 e. The van der Waals surface area contributed by atoms with Gasteiger partial charge in [0.15, 0.2) is 0 Å². The number of halogens is 1. The smallest absolute Gasteiger partial charge is 0.0702 e. The normalized spacial score (nSPS) is 13.6. The molecule has 1 rings (SSSR count). The Kier molecular flexibility index (Phi) is 4.45. The summed E-state index contributed by atoms with van der Waals surface area (Å²) in [7, 11) is 2.05. The Morgan fingerprint density at radius 1 is 1.35 bits per heavy atom. The maximum Gasteiger partial charge on any atom is 0.0702 e. The molecule has 0 aliphatic rings. The van der Waals surface area contributed by atoms with E-state index in [4.69, 9.17) is 11.6 Å². The molecule has 0 saturated heterocycles. The van der Waals surface area contributed by atoms with Gasteiger partial charge in [-0.3, -0.25) is 0 Å². The van der Waals surface area contributed by atoms with Crippen LogP contribution >= 0.6 is 11.6 Å². The van der Waals surface area contributed by atoms with E-state index in [-0.39, 0.29) is 12.0 Å². The number of rotatable bonds is 3. The summed E-state index contributed by atoms with van der Waals surface area (Å²) < 4.78 is 0. The summed E-state index contributed by atoms with van der Waals surface area (Å²) in [4.78, 5) is 2.20. The van der Waals surface area contributed by atoms with E-state index in [1.165, 1.54) is 0 Å². The lowest BCUT2D eigenvalue weighted by atomic mass is 9.86. The molecule has 1 N–H and O–H groups in total. The highest BCUT2D eigenvalue weighted by atomic mass is 35.5. The zero-order chi connectivity index (χ0) is 13.2. The molecule has 1 atom stereocenters. The van der Waals surface area contributed by atoms with Crippen molar-refractivity contribution >= 4 is 17.3 Å². The number of hydrogen-bond acceptors (Lipinski definition) is 2. The number of benzene rings is 1. The van der Waals surface area contributed by atoms with Crippen LogP contribution in [0.25, 0.3) is 0 Å². The standard InChI is InChI=1S/C14H22ClNO/c1-10(14(2,3)4)16(5)13-7-6-12(15)8-11(13)9-17/h6-8,10,17H,9H2,1-5H3. The Balaban J connectivity index is 3.08. The molecule has 3 heteroatoms. The lowest BCUT2D eigenvalue weighted by Crippen LogP contribution is -2.39. The van der Waals surface area contributed by atoms with Gasteiger partial charge >= 0.3 is 0 Å². The van der Waals surface area contributed by atoms with Crippen LogP contribution in [0.2, 0.25) is 5.02 Å². The van der Waals surface area contributed by atoms with E-state index in [0.29, 0.717) is 11.1 Å². The summed E-state index contributed by atoms with van der Waals surface area (Å²) >= 11 is 5.94. The monoisotopic (exact) mass is 255 g/mol. The minimum atomic E-state index is 0.0110. The van der Waals surface area contributed by atoms with Crippen LogP contribution < -0.4 is 4.90 Å². The molecule has 96 valence electrons. The van der Waals surface area contributed by atoms with Gasteiger partial charge in [-0.1, -0.05) is 32.4 Å². The van der Waals surface area contributed by atoms with Crippen LogP contribution in [0.4, 0.5) is 5.69 Å². The van der Waals surface area contributed by atoms with E-state index >= 15 is 0 Å². The SMILES string of the molecule is CC(N(C)c1ccc(Cl)cc1CO)C(C)(C)C. The van der Waals surface area contributed by atoms with Gasteiger partial charge in [0.05, 0.1) is 6.61 Å². The molecule has 0 saturated carbocycles. The fourth-order valence-electron chi connectivity index (χ4n) is 1.81. The van der Waals surface area contributed by atoms with Crippen molar-refractivity contribution in [3.8, 4) is 0 Å². The Morgan fingerprint density at radius 3 is 2.41 bits per heavy atom. The zero-order valence-corrected chi connectivity index (χ0v) is 12.0. The molecular formula is C14H22ClNO. The molecular weight excluding hydrogens is 234 g/mol. The second-order valence-electron chi connectivity index (χ2n) is 5.58. The van der Waals surface area contributed by atoms with Crippen LogP contribution in [0.1, 0.15) is 33.3 Å². The van der Waals surface area contributed by atoms with Crippen molar-refractivity contribution in [3.63, 3.8) is 0 Å². The molecule has 17 heavy (non-hydrogen) atoms. The minimum absolute atomic E-state index is 0.0110. The first kappa shape index (κ1) is 14.3. The number of hydrogen-bond donors (Lipinski definition) is 1. The van der Waals surface area contributed by atoms with E-state index in [0.717, 1.165) is 11.3 Å². The number of nitrogens with zero attached hydrogens (tertiary/aromatic N) is 1. The molecule has 1 aromatic carbocycles. The first-order valence-corrected chi connectivity index (χ1v) is 6.27. The second-order valence-corrected chi connectivity index (χ2v) is 6.02. The molecule has 0 spiro atoms. The second kappa shape index (κ2) is 5.28. The molecule has 0 fully saturated rings. The summed E-state index contributed by atoms with van der Waals surface area (Å²) in [5.41, 5.74) is 2.09. The lowest BCUT2D eigenvalue weighted by Gasteiger charge is -2.37. The Morgan fingerprint density at radius 2 is 1.94 bits per heavy atom. The van der Waals surface area contributed by atoms with Crippen LogP contribution in [-0.4, -0.2) is 18.2 Å². The van der Waals surface area contributed by atoms with Gasteiger partial charge in [-0.15, -0.1) is 0 Å². The molecule has 0 radical (unpaired) electrons. The van der Waals surface area contributed by atoms with Gasteiger partial charge < -0.3 is 10.0 Å². The van der Waals surface area contributed by atoms with Crippen molar-refractivity contribution in [2.45, 2.75) is 40.3 Å². The van der Waals surface area contributed by atoms with Crippen molar-refractivity contribution < 1.29 is 5.11 Å². The summed E-state index contributed by atoms with van der Waals surface area (Å²) in [6.07, 6.45) is 0. The van der Waals surface area contributed by atoms with Crippen LogP contribution in [0.15, 0.2) is 18.2 Å².